The number of benzene rings is 1. The standard InChI is InChI=1S/C26H32ClN3O7/c1-5-30(6-2)10-12-9-15(31)17-13(19(12)27)7-11-8-14-20(29(3)4)22(33)18(25(28)36)24(35)26(14,37)23(34)16(11)21(17)32/h9,11,14,16,18,20,31,37H,5-8,10H2,1-4H3,(H2,28,36)/t11-,14-,16?,18?,20-,26-/m0/s1. The lowest BCUT2D eigenvalue weighted by Crippen LogP contribution is -2.74. The van der Waals surface area contributed by atoms with Crippen LogP contribution in [-0.2, 0) is 32.1 Å². The van der Waals surface area contributed by atoms with Crippen molar-refractivity contribution < 1.29 is 34.2 Å². The maximum Gasteiger partial charge on any atom is 0.235 e. The summed E-state index contributed by atoms with van der Waals surface area (Å²) in [6.45, 7) is 5.95. The molecule has 37 heavy (non-hydrogen) atoms. The van der Waals surface area contributed by atoms with E-state index in [4.69, 9.17) is 17.3 Å². The average Bonchev–Trinajstić information content (AvgIpc) is 2.82. The van der Waals surface area contributed by atoms with Gasteiger partial charge in [0.1, 0.15) is 5.75 Å². The number of nitrogens with two attached hydrogens (primary N) is 1. The molecule has 1 aromatic rings. The van der Waals surface area contributed by atoms with Crippen LogP contribution in [0.2, 0.25) is 5.02 Å². The molecule has 4 rings (SSSR count). The highest BCUT2D eigenvalue weighted by Crippen LogP contribution is 2.51. The molecule has 11 heteroatoms. The van der Waals surface area contributed by atoms with Gasteiger partial charge in [-0.15, -0.1) is 0 Å². The SMILES string of the molecule is CCN(CC)Cc1cc(O)c2c(c1Cl)C[C@H]1C[C@H]3[C@H](N(C)C)C(=O)C(C(N)=O)C(=O)[C@@]3(O)C(=O)C1C2=O. The molecule has 2 saturated carbocycles. The van der Waals surface area contributed by atoms with E-state index < -0.39 is 64.4 Å². The molecule has 0 bridgehead atoms. The van der Waals surface area contributed by atoms with Crippen LogP contribution < -0.4 is 5.73 Å². The van der Waals surface area contributed by atoms with E-state index in [0.29, 0.717) is 22.7 Å². The number of carbonyl (C=O) groups is 5. The van der Waals surface area contributed by atoms with Gasteiger partial charge in [0, 0.05) is 17.5 Å². The topological polar surface area (TPSA) is 158 Å². The van der Waals surface area contributed by atoms with Gasteiger partial charge in [-0.1, -0.05) is 25.4 Å². The third-order valence-corrected chi connectivity index (χ3v) is 8.83. The van der Waals surface area contributed by atoms with E-state index in [9.17, 15) is 34.2 Å². The van der Waals surface area contributed by atoms with Gasteiger partial charge in [0.15, 0.2) is 34.7 Å². The second-order valence-electron chi connectivity index (χ2n) is 10.5. The Morgan fingerprint density at radius 2 is 1.78 bits per heavy atom. The minimum Gasteiger partial charge on any atom is -0.507 e. The van der Waals surface area contributed by atoms with E-state index in [1.54, 1.807) is 14.1 Å². The second-order valence-corrected chi connectivity index (χ2v) is 10.9. The van der Waals surface area contributed by atoms with Crippen LogP contribution in [-0.4, -0.2) is 87.9 Å². The fourth-order valence-electron chi connectivity index (χ4n) is 6.51. The number of aromatic hydroxyl groups is 1. The van der Waals surface area contributed by atoms with Crippen LogP contribution in [0.5, 0.6) is 5.75 Å². The molecule has 6 atom stereocenters. The van der Waals surface area contributed by atoms with Crippen molar-refractivity contribution in [3.05, 3.63) is 27.8 Å². The number of likely N-dealkylation sites (N-methyl/N-ethyl adjacent to an activating group) is 1. The Morgan fingerprint density at radius 3 is 2.32 bits per heavy atom. The molecule has 4 N–H and O–H groups in total. The molecular formula is C26H32ClN3O7. The summed E-state index contributed by atoms with van der Waals surface area (Å²) in [5, 5.41) is 22.7. The normalized spacial score (nSPS) is 31.4. The molecule has 0 spiro atoms. The summed E-state index contributed by atoms with van der Waals surface area (Å²) in [6.07, 6.45) is 0.131. The molecule has 0 radical (unpaired) electrons. The molecule has 3 aliphatic rings. The number of hydrogen-bond donors (Lipinski definition) is 3. The highest BCUT2D eigenvalue weighted by Gasteiger charge is 2.69. The van der Waals surface area contributed by atoms with E-state index >= 15 is 0 Å². The van der Waals surface area contributed by atoms with Crippen molar-refractivity contribution in [1.82, 2.24) is 9.80 Å². The molecule has 0 heterocycles. The molecule has 10 nitrogen and oxygen atoms in total. The first-order valence-corrected chi connectivity index (χ1v) is 12.8. The molecule has 0 aliphatic heterocycles. The Morgan fingerprint density at radius 1 is 1.16 bits per heavy atom. The van der Waals surface area contributed by atoms with Crippen LogP contribution in [0.1, 0.15) is 41.8 Å². The summed E-state index contributed by atoms with van der Waals surface area (Å²) in [5.41, 5.74) is 3.55. The van der Waals surface area contributed by atoms with Gasteiger partial charge in [-0.2, -0.15) is 0 Å². The number of hydrogen-bond acceptors (Lipinski definition) is 9. The monoisotopic (exact) mass is 533 g/mol. The third kappa shape index (κ3) is 3.93. The van der Waals surface area contributed by atoms with Crippen LogP contribution in [0.25, 0.3) is 0 Å². The van der Waals surface area contributed by atoms with E-state index in [1.807, 2.05) is 13.8 Å². The number of amides is 1. The van der Waals surface area contributed by atoms with Gasteiger partial charge in [-0.05, 0) is 63.1 Å². The first-order chi connectivity index (χ1) is 17.3. The van der Waals surface area contributed by atoms with Gasteiger partial charge >= 0.3 is 0 Å². The Kier molecular flexibility index (Phi) is 7.09. The predicted octanol–water partition coefficient (Wildman–Crippen LogP) is 0.362. The molecule has 200 valence electrons. The molecule has 1 aromatic carbocycles. The lowest BCUT2D eigenvalue weighted by atomic mass is 9.52. The first kappa shape index (κ1) is 27.4. The van der Waals surface area contributed by atoms with Crippen LogP contribution in [0, 0.1) is 23.7 Å². The van der Waals surface area contributed by atoms with Crippen LogP contribution in [0.3, 0.4) is 0 Å². The van der Waals surface area contributed by atoms with Gasteiger partial charge in [0.2, 0.25) is 5.91 Å². The Bertz CT molecular complexity index is 1210. The van der Waals surface area contributed by atoms with Crippen molar-refractivity contribution in [2.45, 2.75) is 44.9 Å². The second kappa shape index (κ2) is 9.58. The largest absolute Gasteiger partial charge is 0.507 e. The Hall–Kier alpha value is -2.66. The maximum absolute atomic E-state index is 13.8. The van der Waals surface area contributed by atoms with Crippen molar-refractivity contribution in [2.24, 2.45) is 29.4 Å². The summed E-state index contributed by atoms with van der Waals surface area (Å²) in [4.78, 5) is 69.4. The van der Waals surface area contributed by atoms with Crippen molar-refractivity contribution in [3.63, 3.8) is 0 Å². The zero-order valence-electron chi connectivity index (χ0n) is 21.3. The summed E-state index contributed by atoms with van der Waals surface area (Å²) in [7, 11) is 3.09. The third-order valence-electron chi connectivity index (χ3n) is 8.36. The van der Waals surface area contributed by atoms with Crippen molar-refractivity contribution in [1.29, 1.82) is 0 Å². The van der Waals surface area contributed by atoms with Crippen molar-refractivity contribution in [3.8, 4) is 5.75 Å². The van der Waals surface area contributed by atoms with Crippen molar-refractivity contribution in [2.75, 3.05) is 27.2 Å². The summed E-state index contributed by atoms with van der Waals surface area (Å²) in [6, 6.07) is 0.275. The van der Waals surface area contributed by atoms with Crippen LogP contribution >= 0.6 is 11.6 Å². The van der Waals surface area contributed by atoms with Crippen LogP contribution in [0.4, 0.5) is 0 Å². The Labute approximate surface area is 219 Å². The number of phenols is 1. The van der Waals surface area contributed by atoms with Gasteiger partial charge < -0.3 is 15.9 Å². The quantitative estimate of drug-likeness (QED) is 0.439. The van der Waals surface area contributed by atoms with E-state index in [-0.39, 0.29) is 24.2 Å². The maximum atomic E-state index is 13.8. The summed E-state index contributed by atoms with van der Waals surface area (Å²) in [5.74, 6) is -10.7. The van der Waals surface area contributed by atoms with Crippen molar-refractivity contribution >= 4 is 40.6 Å². The Balaban J connectivity index is 1.83. The minimum atomic E-state index is -2.74. The number of nitrogens with zero attached hydrogens (tertiary/aromatic N) is 2. The van der Waals surface area contributed by atoms with Gasteiger partial charge in [-0.3, -0.25) is 33.8 Å². The first-order valence-electron chi connectivity index (χ1n) is 12.4. The van der Waals surface area contributed by atoms with Gasteiger partial charge in [0.05, 0.1) is 17.5 Å². The van der Waals surface area contributed by atoms with Gasteiger partial charge in [-0.25, -0.2) is 0 Å². The number of fused-ring (bicyclic) bond motifs is 3. The molecule has 2 unspecified atom stereocenters. The zero-order chi connectivity index (χ0) is 27.6. The van der Waals surface area contributed by atoms with Crippen LogP contribution in [0.15, 0.2) is 6.07 Å². The number of aliphatic hydroxyl groups is 1. The highest BCUT2D eigenvalue weighted by molar-refractivity contribution is 6.34. The number of halogens is 1. The average molecular weight is 534 g/mol. The number of rotatable bonds is 6. The fraction of sp³-hybridized carbons (Fsp3) is 0.577. The highest BCUT2D eigenvalue weighted by atomic mass is 35.5. The molecule has 1 amide bonds. The van der Waals surface area contributed by atoms with E-state index in [1.165, 1.54) is 11.0 Å². The number of Topliss-reactive ketones (excluding diaryl/α,β-unsaturated/α-hetero) is 4. The molecule has 0 aromatic heterocycles. The fourth-order valence-corrected chi connectivity index (χ4v) is 6.80. The molecule has 2 fully saturated rings. The van der Waals surface area contributed by atoms with E-state index in [0.717, 1.165) is 13.1 Å². The molecule has 0 saturated heterocycles. The summed E-state index contributed by atoms with van der Waals surface area (Å²) < 4.78 is 0. The minimum absolute atomic E-state index is 0.0126. The number of primary amides is 1. The molecule has 3 aliphatic carbocycles. The number of ketones is 4. The lowest BCUT2D eigenvalue weighted by Gasteiger charge is -2.52. The zero-order valence-corrected chi connectivity index (χ0v) is 22.0. The smallest absolute Gasteiger partial charge is 0.235 e. The lowest BCUT2D eigenvalue weighted by molar-refractivity contribution is -0.181. The number of carbonyl (C=O) groups excluding carboxylic acids is 5. The molecular weight excluding hydrogens is 502 g/mol. The van der Waals surface area contributed by atoms with Gasteiger partial charge in [0.25, 0.3) is 0 Å². The summed E-state index contributed by atoms with van der Waals surface area (Å²) >= 11 is 6.74. The number of phenolic OH excluding ortho intramolecular Hbond substituents is 1. The van der Waals surface area contributed by atoms with E-state index in [2.05, 4.69) is 4.90 Å². The predicted molar refractivity (Wildman–Crippen MR) is 133 cm³/mol.